The number of carboxylic acids is 1. The molecule has 0 aromatic rings. The molecule has 0 aromatic heterocycles. The summed E-state index contributed by atoms with van der Waals surface area (Å²) in [6.07, 6.45) is 31.7. The maximum absolute atomic E-state index is 12.5. The van der Waals surface area contributed by atoms with Gasteiger partial charge in [0.1, 0.15) is 12.1 Å². The molecular formula is C37H74NO9P. The SMILES string of the molecule is CCCCCCCCCCCCCCCCCCCCOCC(COP(=O)(O)OCC(N)C(=O)O)OC(=O)CCCCCCCCCC. The first-order valence-corrected chi connectivity index (χ1v) is 21.1. The molecule has 3 unspecified atom stereocenters. The molecule has 0 radical (unpaired) electrons. The molecule has 10 nitrogen and oxygen atoms in total. The first-order chi connectivity index (χ1) is 23.2. The molecule has 0 saturated carbocycles. The molecule has 0 aliphatic heterocycles. The molecule has 0 heterocycles. The van der Waals surface area contributed by atoms with E-state index in [1.165, 1.54) is 122 Å². The van der Waals surface area contributed by atoms with Crippen LogP contribution in [0.3, 0.4) is 0 Å². The van der Waals surface area contributed by atoms with Crippen LogP contribution in [-0.2, 0) is 32.7 Å². The smallest absolute Gasteiger partial charge is 0.472 e. The van der Waals surface area contributed by atoms with Crippen molar-refractivity contribution in [3.63, 3.8) is 0 Å². The van der Waals surface area contributed by atoms with Crippen molar-refractivity contribution >= 4 is 19.8 Å². The fourth-order valence-electron chi connectivity index (χ4n) is 5.55. The summed E-state index contributed by atoms with van der Waals surface area (Å²) in [6, 6.07) is -1.47. The Morgan fingerprint density at radius 1 is 0.583 bits per heavy atom. The lowest BCUT2D eigenvalue weighted by molar-refractivity contribution is -0.154. The van der Waals surface area contributed by atoms with E-state index in [9.17, 15) is 19.0 Å². The minimum Gasteiger partial charge on any atom is -0.480 e. The van der Waals surface area contributed by atoms with Crippen LogP contribution in [0, 0.1) is 0 Å². The first-order valence-electron chi connectivity index (χ1n) is 19.6. The number of aliphatic carboxylic acids is 1. The monoisotopic (exact) mass is 708 g/mol. The maximum atomic E-state index is 12.5. The molecule has 0 saturated heterocycles. The molecule has 0 spiro atoms. The quantitative estimate of drug-likeness (QED) is 0.0321. The lowest BCUT2D eigenvalue weighted by atomic mass is 10.0. The number of esters is 1. The molecule has 0 fully saturated rings. The third-order valence-corrected chi connectivity index (χ3v) is 9.59. The van der Waals surface area contributed by atoms with E-state index in [1.807, 2.05) is 0 Å². The van der Waals surface area contributed by atoms with Gasteiger partial charge < -0.3 is 25.2 Å². The summed E-state index contributed by atoms with van der Waals surface area (Å²) in [6.45, 7) is 3.87. The Bertz CT molecular complexity index is 786. The zero-order valence-electron chi connectivity index (χ0n) is 30.9. The number of ether oxygens (including phenoxy) is 2. The van der Waals surface area contributed by atoms with E-state index in [0.717, 1.165) is 44.9 Å². The van der Waals surface area contributed by atoms with Crippen molar-refractivity contribution in [2.24, 2.45) is 5.73 Å². The Morgan fingerprint density at radius 3 is 1.38 bits per heavy atom. The van der Waals surface area contributed by atoms with Crippen LogP contribution in [0.1, 0.15) is 187 Å². The Kier molecular flexibility index (Phi) is 33.7. The molecule has 0 rings (SSSR count). The average molecular weight is 708 g/mol. The fraction of sp³-hybridized carbons (Fsp3) is 0.946. The second kappa shape index (κ2) is 34.4. The van der Waals surface area contributed by atoms with Crippen LogP contribution < -0.4 is 5.73 Å². The standard InChI is InChI=1S/C37H74NO9P/c1-3-5-7-9-11-13-14-15-16-17-18-19-20-21-22-24-26-28-30-44-31-34(32-45-48(42,43)46-33-35(38)37(40)41)47-36(39)29-27-25-23-12-10-8-6-4-2/h34-35H,3-33,38H2,1-2H3,(H,40,41)(H,42,43). The van der Waals surface area contributed by atoms with Crippen molar-refractivity contribution in [1.29, 1.82) is 0 Å². The number of carbonyl (C=O) groups is 2. The van der Waals surface area contributed by atoms with Gasteiger partial charge in [-0.15, -0.1) is 0 Å². The molecule has 0 amide bonds. The van der Waals surface area contributed by atoms with Gasteiger partial charge in [0.05, 0.1) is 19.8 Å². The summed E-state index contributed by atoms with van der Waals surface area (Å²) in [5.74, 6) is -1.77. The predicted molar refractivity (Wildman–Crippen MR) is 194 cm³/mol. The molecule has 0 aliphatic carbocycles. The molecule has 0 bridgehead atoms. The summed E-state index contributed by atoms with van der Waals surface area (Å²) in [5, 5.41) is 8.85. The Labute approximate surface area is 293 Å². The van der Waals surface area contributed by atoms with Gasteiger partial charge >= 0.3 is 19.8 Å². The third-order valence-electron chi connectivity index (χ3n) is 8.64. The van der Waals surface area contributed by atoms with Gasteiger partial charge in [0.25, 0.3) is 0 Å². The second-order valence-electron chi connectivity index (χ2n) is 13.4. The number of nitrogens with two attached hydrogens (primary N) is 1. The van der Waals surface area contributed by atoms with Crippen molar-refractivity contribution in [3.8, 4) is 0 Å². The lowest BCUT2D eigenvalue weighted by Gasteiger charge is -2.20. The topological polar surface area (TPSA) is 155 Å². The van der Waals surface area contributed by atoms with Crippen molar-refractivity contribution in [1.82, 2.24) is 0 Å². The van der Waals surface area contributed by atoms with E-state index in [4.69, 9.17) is 24.8 Å². The number of unbranched alkanes of at least 4 members (excludes halogenated alkanes) is 24. The minimum atomic E-state index is -4.60. The number of phosphoric ester groups is 1. The van der Waals surface area contributed by atoms with Crippen LogP contribution in [0.4, 0.5) is 0 Å². The van der Waals surface area contributed by atoms with Crippen LogP contribution in [0.5, 0.6) is 0 Å². The van der Waals surface area contributed by atoms with E-state index >= 15 is 0 Å². The van der Waals surface area contributed by atoms with Gasteiger partial charge in [0, 0.05) is 13.0 Å². The molecule has 0 aromatic carbocycles. The average Bonchev–Trinajstić information content (AvgIpc) is 3.06. The van der Waals surface area contributed by atoms with E-state index in [1.54, 1.807) is 0 Å². The summed E-state index contributed by atoms with van der Waals surface area (Å²) in [5.41, 5.74) is 5.33. The summed E-state index contributed by atoms with van der Waals surface area (Å²) in [7, 11) is -4.60. The lowest BCUT2D eigenvalue weighted by Crippen LogP contribution is -2.34. The number of carbonyl (C=O) groups excluding carboxylic acids is 1. The minimum absolute atomic E-state index is 0.0246. The highest BCUT2D eigenvalue weighted by atomic mass is 31.2. The highest BCUT2D eigenvalue weighted by Crippen LogP contribution is 2.43. The summed E-state index contributed by atoms with van der Waals surface area (Å²) in [4.78, 5) is 33.3. The highest BCUT2D eigenvalue weighted by molar-refractivity contribution is 7.47. The fourth-order valence-corrected chi connectivity index (χ4v) is 6.32. The molecule has 0 aliphatic rings. The number of rotatable bonds is 38. The number of hydrogen-bond acceptors (Lipinski definition) is 8. The van der Waals surface area contributed by atoms with E-state index < -0.39 is 45.1 Å². The Morgan fingerprint density at radius 2 is 0.958 bits per heavy atom. The summed E-state index contributed by atoms with van der Waals surface area (Å²) < 4.78 is 33.1. The zero-order chi connectivity index (χ0) is 35.6. The van der Waals surface area contributed by atoms with Gasteiger partial charge in [-0.05, 0) is 12.8 Å². The molecule has 286 valence electrons. The van der Waals surface area contributed by atoms with Crippen molar-refractivity contribution in [2.45, 2.75) is 199 Å². The van der Waals surface area contributed by atoms with Crippen LogP contribution in [0.15, 0.2) is 0 Å². The van der Waals surface area contributed by atoms with E-state index in [2.05, 4.69) is 18.4 Å². The van der Waals surface area contributed by atoms with E-state index in [0.29, 0.717) is 6.61 Å². The van der Waals surface area contributed by atoms with Crippen molar-refractivity contribution in [3.05, 3.63) is 0 Å². The van der Waals surface area contributed by atoms with Crippen LogP contribution in [-0.4, -0.2) is 60.5 Å². The number of carboxylic acid groups (broad SMARTS) is 1. The van der Waals surface area contributed by atoms with Gasteiger partial charge in [-0.2, -0.15) is 0 Å². The molecular weight excluding hydrogens is 633 g/mol. The predicted octanol–water partition coefficient (Wildman–Crippen LogP) is 10.0. The van der Waals surface area contributed by atoms with Crippen LogP contribution >= 0.6 is 7.82 Å². The third kappa shape index (κ3) is 33.5. The van der Waals surface area contributed by atoms with Gasteiger partial charge in [-0.25, -0.2) is 4.57 Å². The second-order valence-corrected chi connectivity index (χ2v) is 14.9. The zero-order valence-corrected chi connectivity index (χ0v) is 31.7. The molecule has 4 N–H and O–H groups in total. The number of hydrogen-bond donors (Lipinski definition) is 3. The van der Waals surface area contributed by atoms with Gasteiger partial charge in [-0.1, -0.05) is 168 Å². The summed E-state index contributed by atoms with van der Waals surface area (Å²) >= 11 is 0. The Hall–Kier alpha value is -1.03. The maximum Gasteiger partial charge on any atom is 0.472 e. The van der Waals surface area contributed by atoms with Crippen LogP contribution in [0.2, 0.25) is 0 Å². The molecule has 48 heavy (non-hydrogen) atoms. The van der Waals surface area contributed by atoms with Crippen molar-refractivity contribution in [2.75, 3.05) is 26.4 Å². The Balaban J connectivity index is 4.13. The van der Waals surface area contributed by atoms with Gasteiger partial charge in [0.2, 0.25) is 0 Å². The largest absolute Gasteiger partial charge is 0.480 e. The van der Waals surface area contributed by atoms with Gasteiger partial charge in [0.15, 0.2) is 0 Å². The molecule has 11 heteroatoms. The van der Waals surface area contributed by atoms with E-state index in [-0.39, 0.29) is 13.0 Å². The highest BCUT2D eigenvalue weighted by Gasteiger charge is 2.27. The van der Waals surface area contributed by atoms with Crippen molar-refractivity contribution < 1.29 is 42.7 Å². The van der Waals surface area contributed by atoms with Crippen LogP contribution in [0.25, 0.3) is 0 Å². The number of phosphoric acid groups is 1. The normalized spacial score (nSPS) is 14.1. The molecule has 3 atom stereocenters. The first kappa shape index (κ1) is 47.0. The van der Waals surface area contributed by atoms with Gasteiger partial charge in [-0.3, -0.25) is 18.6 Å².